The molecule has 0 aromatic carbocycles. The van der Waals surface area contributed by atoms with Gasteiger partial charge in [-0.25, -0.2) is 0 Å². The highest BCUT2D eigenvalue weighted by molar-refractivity contribution is 5.45. The molecule has 1 heterocycles. The predicted molar refractivity (Wildman–Crippen MR) is 62.8 cm³/mol. The van der Waals surface area contributed by atoms with E-state index in [-0.39, 0.29) is 0 Å². The Morgan fingerprint density at radius 1 is 1.47 bits per heavy atom. The van der Waals surface area contributed by atoms with Crippen molar-refractivity contribution in [2.45, 2.75) is 45.4 Å². The fourth-order valence-corrected chi connectivity index (χ4v) is 2.23. The van der Waals surface area contributed by atoms with E-state index in [4.69, 9.17) is 5.73 Å². The Morgan fingerprint density at radius 2 is 2.13 bits per heavy atom. The van der Waals surface area contributed by atoms with Crippen molar-refractivity contribution in [1.82, 2.24) is 9.78 Å². The summed E-state index contributed by atoms with van der Waals surface area (Å²) >= 11 is 0. The molecule has 15 heavy (non-hydrogen) atoms. The number of nitrogen functional groups attached to an aromatic ring is 1. The molecular weight excluding hydrogens is 186 g/mol. The summed E-state index contributed by atoms with van der Waals surface area (Å²) in [5.41, 5.74) is 8.64. The number of anilines is 1. The van der Waals surface area contributed by atoms with Crippen molar-refractivity contribution in [3.8, 4) is 0 Å². The van der Waals surface area contributed by atoms with Crippen molar-refractivity contribution >= 4 is 5.82 Å². The van der Waals surface area contributed by atoms with Crippen molar-refractivity contribution < 1.29 is 0 Å². The van der Waals surface area contributed by atoms with Crippen LogP contribution in [0.2, 0.25) is 0 Å². The number of aryl methyl sites for hydroxylation is 1. The topological polar surface area (TPSA) is 43.8 Å². The van der Waals surface area contributed by atoms with Crippen LogP contribution in [0.3, 0.4) is 0 Å². The van der Waals surface area contributed by atoms with Gasteiger partial charge in [-0.05, 0) is 25.2 Å². The maximum atomic E-state index is 6.07. The normalized spacial score (nSPS) is 17.1. The number of rotatable bonds is 3. The zero-order valence-corrected chi connectivity index (χ0v) is 9.95. The van der Waals surface area contributed by atoms with Gasteiger partial charge in [-0.1, -0.05) is 20.3 Å². The lowest BCUT2D eigenvalue weighted by atomic mass is 9.80. The van der Waals surface area contributed by atoms with Crippen molar-refractivity contribution in [3.05, 3.63) is 11.3 Å². The van der Waals surface area contributed by atoms with Gasteiger partial charge in [-0.3, -0.25) is 4.68 Å². The summed E-state index contributed by atoms with van der Waals surface area (Å²) < 4.78 is 1.84. The van der Waals surface area contributed by atoms with Gasteiger partial charge < -0.3 is 5.73 Å². The lowest BCUT2D eigenvalue weighted by Gasteiger charge is -2.24. The molecular formula is C12H21N3. The maximum Gasteiger partial charge on any atom is 0.124 e. The van der Waals surface area contributed by atoms with Crippen LogP contribution in [0.4, 0.5) is 5.82 Å². The van der Waals surface area contributed by atoms with E-state index < -0.39 is 0 Å². The third-order valence-corrected chi connectivity index (χ3v) is 3.33. The smallest absolute Gasteiger partial charge is 0.124 e. The van der Waals surface area contributed by atoms with Crippen molar-refractivity contribution in [2.75, 3.05) is 5.73 Å². The second kappa shape index (κ2) is 3.87. The predicted octanol–water partition coefficient (Wildman–Crippen LogP) is 2.47. The van der Waals surface area contributed by atoms with E-state index in [0.717, 1.165) is 12.2 Å². The third kappa shape index (κ3) is 1.87. The average Bonchev–Trinajstić information content (AvgIpc) is 2.30. The second-order valence-corrected chi connectivity index (χ2v) is 5.10. The summed E-state index contributed by atoms with van der Waals surface area (Å²) in [7, 11) is 1.95. The number of nitrogens with two attached hydrogens (primary N) is 1. The van der Waals surface area contributed by atoms with Gasteiger partial charge in [0.25, 0.3) is 0 Å². The molecule has 0 saturated heterocycles. The summed E-state index contributed by atoms with van der Waals surface area (Å²) in [6.45, 7) is 4.47. The summed E-state index contributed by atoms with van der Waals surface area (Å²) in [6.07, 6.45) is 5.00. The number of hydrogen-bond donors (Lipinski definition) is 1. The third-order valence-electron chi connectivity index (χ3n) is 3.33. The van der Waals surface area contributed by atoms with Gasteiger partial charge in [-0.15, -0.1) is 0 Å². The minimum Gasteiger partial charge on any atom is -0.384 e. The molecule has 1 saturated carbocycles. The van der Waals surface area contributed by atoms with Crippen LogP contribution < -0.4 is 5.73 Å². The standard InChI is InChI=1S/C12H21N3/c1-8(2)7-10-11(9-5-4-6-9)14-15(3)12(10)13/h8-9H,4-7,13H2,1-3H3. The van der Waals surface area contributed by atoms with Gasteiger partial charge in [-0.2, -0.15) is 5.10 Å². The first-order valence-corrected chi connectivity index (χ1v) is 5.90. The van der Waals surface area contributed by atoms with Crippen LogP contribution in [0, 0.1) is 5.92 Å². The highest BCUT2D eigenvalue weighted by Gasteiger charge is 2.27. The first-order valence-electron chi connectivity index (χ1n) is 5.90. The van der Waals surface area contributed by atoms with Gasteiger partial charge in [0.2, 0.25) is 0 Å². The number of aromatic nitrogens is 2. The molecule has 84 valence electrons. The SMILES string of the molecule is CC(C)Cc1c(C2CCC2)nn(C)c1N. The molecule has 1 aliphatic rings. The van der Waals surface area contributed by atoms with Crippen LogP contribution in [-0.2, 0) is 13.5 Å². The van der Waals surface area contributed by atoms with Gasteiger partial charge in [0.05, 0.1) is 5.69 Å². The molecule has 1 fully saturated rings. The van der Waals surface area contributed by atoms with Crippen molar-refractivity contribution in [2.24, 2.45) is 13.0 Å². The van der Waals surface area contributed by atoms with Crippen LogP contribution in [0.5, 0.6) is 0 Å². The molecule has 3 nitrogen and oxygen atoms in total. The molecule has 0 amide bonds. The number of hydrogen-bond acceptors (Lipinski definition) is 2. The molecule has 1 aromatic heterocycles. The van der Waals surface area contributed by atoms with E-state index in [0.29, 0.717) is 11.8 Å². The molecule has 1 aliphatic carbocycles. The van der Waals surface area contributed by atoms with E-state index in [2.05, 4.69) is 18.9 Å². The highest BCUT2D eigenvalue weighted by Crippen LogP contribution is 2.39. The van der Waals surface area contributed by atoms with Crippen LogP contribution in [-0.4, -0.2) is 9.78 Å². The zero-order valence-electron chi connectivity index (χ0n) is 9.95. The Morgan fingerprint density at radius 3 is 2.60 bits per heavy atom. The Kier molecular flexibility index (Phi) is 2.72. The lowest BCUT2D eigenvalue weighted by molar-refractivity contribution is 0.404. The average molecular weight is 207 g/mol. The molecule has 0 bridgehead atoms. The van der Waals surface area contributed by atoms with Crippen LogP contribution in [0.1, 0.15) is 50.3 Å². The quantitative estimate of drug-likeness (QED) is 0.827. The van der Waals surface area contributed by atoms with E-state index in [1.807, 2.05) is 11.7 Å². The molecule has 2 N–H and O–H groups in total. The molecule has 0 spiro atoms. The van der Waals surface area contributed by atoms with Crippen molar-refractivity contribution in [3.63, 3.8) is 0 Å². The molecule has 3 heteroatoms. The van der Waals surface area contributed by atoms with Gasteiger partial charge in [0.15, 0.2) is 0 Å². The Balaban J connectivity index is 2.30. The first kappa shape index (κ1) is 10.5. The van der Waals surface area contributed by atoms with Crippen LogP contribution in [0.15, 0.2) is 0 Å². The Hall–Kier alpha value is -0.990. The Bertz CT molecular complexity index is 348. The monoisotopic (exact) mass is 207 g/mol. The van der Waals surface area contributed by atoms with E-state index in [9.17, 15) is 0 Å². The summed E-state index contributed by atoms with van der Waals surface area (Å²) in [5, 5.41) is 4.58. The number of nitrogens with zero attached hydrogens (tertiary/aromatic N) is 2. The van der Waals surface area contributed by atoms with Crippen molar-refractivity contribution in [1.29, 1.82) is 0 Å². The van der Waals surface area contributed by atoms with E-state index >= 15 is 0 Å². The lowest BCUT2D eigenvalue weighted by Crippen LogP contribution is -2.12. The largest absolute Gasteiger partial charge is 0.384 e. The maximum absolute atomic E-state index is 6.07. The second-order valence-electron chi connectivity index (χ2n) is 5.10. The first-order chi connectivity index (χ1) is 7.09. The highest BCUT2D eigenvalue weighted by atomic mass is 15.3. The van der Waals surface area contributed by atoms with Crippen LogP contribution >= 0.6 is 0 Å². The fourth-order valence-electron chi connectivity index (χ4n) is 2.23. The van der Waals surface area contributed by atoms with E-state index in [1.54, 1.807) is 0 Å². The minimum absolute atomic E-state index is 0.648. The van der Waals surface area contributed by atoms with Crippen LogP contribution in [0.25, 0.3) is 0 Å². The molecule has 0 unspecified atom stereocenters. The van der Waals surface area contributed by atoms with E-state index in [1.165, 1.54) is 30.5 Å². The van der Waals surface area contributed by atoms with Gasteiger partial charge in [0, 0.05) is 18.5 Å². The molecule has 0 atom stereocenters. The Labute approximate surface area is 91.7 Å². The summed E-state index contributed by atoms with van der Waals surface area (Å²) in [4.78, 5) is 0. The summed E-state index contributed by atoms with van der Waals surface area (Å²) in [6, 6.07) is 0. The fraction of sp³-hybridized carbons (Fsp3) is 0.750. The minimum atomic E-state index is 0.648. The molecule has 0 aliphatic heterocycles. The molecule has 0 radical (unpaired) electrons. The van der Waals surface area contributed by atoms with Gasteiger partial charge in [0.1, 0.15) is 5.82 Å². The van der Waals surface area contributed by atoms with Gasteiger partial charge >= 0.3 is 0 Å². The molecule has 1 aromatic rings. The zero-order chi connectivity index (χ0) is 11.0. The summed E-state index contributed by atoms with van der Waals surface area (Å²) in [5.74, 6) is 2.20. The molecule has 2 rings (SSSR count).